The van der Waals surface area contributed by atoms with Gasteiger partial charge in [0.15, 0.2) is 0 Å². The van der Waals surface area contributed by atoms with Gasteiger partial charge in [0, 0.05) is 6.61 Å². The zero-order valence-corrected chi connectivity index (χ0v) is 21.3. The Balaban J connectivity index is 1.89. The summed E-state index contributed by atoms with van der Waals surface area (Å²) in [6.45, 7) is 2.44. The molecule has 1 aromatic carbocycles. The fraction of sp³-hybridized carbons (Fsp3) is 0.793. The molecule has 0 bridgehead atoms. The lowest BCUT2D eigenvalue weighted by atomic mass is 9.89. The molecular formula is C29H51ClO. The molecule has 0 saturated carbocycles. The van der Waals surface area contributed by atoms with Crippen molar-refractivity contribution in [2.24, 2.45) is 0 Å². The molecule has 0 saturated heterocycles. The summed E-state index contributed by atoms with van der Waals surface area (Å²) in [5, 5.41) is 9.43. The molecule has 1 aromatic rings. The lowest BCUT2D eigenvalue weighted by Crippen LogP contribution is -2.20. The summed E-state index contributed by atoms with van der Waals surface area (Å²) in [6.07, 6.45) is 26.7. The van der Waals surface area contributed by atoms with Crippen LogP contribution in [0.5, 0.6) is 0 Å². The molecule has 0 amide bonds. The Morgan fingerprint density at radius 3 is 1.35 bits per heavy atom. The van der Waals surface area contributed by atoms with E-state index in [1.807, 2.05) is 18.2 Å². The van der Waals surface area contributed by atoms with Crippen LogP contribution in [0.2, 0.25) is 0 Å². The van der Waals surface area contributed by atoms with Crippen LogP contribution >= 0.6 is 11.6 Å². The highest BCUT2D eigenvalue weighted by atomic mass is 35.5. The summed E-state index contributed by atoms with van der Waals surface area (Å²) in [6, 6.07) is 10.3. The van der Waals surface area contributed by atoms with E-state index in [-0.39, 0.29) is 6.61 Å². The molecule has 1 rings (SSSR count). The molecule has 0 radical (unpaired) electrons. The summed E-state index contributed by atoms with van der Waals surface area (Å²) >= 11 is 6.88. The van der Waals surface area contributed by atoms with Gasteiger partial charge in [-0.3, -0.25) is 0 Å². The average Bonchev–Trinajstić information content (AvgIpc) is 2.79. The molecule has 1 unspecified atom stereocenters. The highest BCUT2D eigenvalue weighted by molar-refractivity contribution is 6.24. The van der Waals surface area contributed by atoms with Gasteiger partial charge in [-0.15, -0.1) is 11.6 Å². The number of unbranched alkanes of at least 4 members (excludes halogenated alkanes) is 17. The summed E-state index contributed by atoms with van der Waals surface area (Å²) in [5.41, 5.74) is 1.15. The summed E-state index contributed by atoms with van der Waals surface area (Å²) in [4.78, 5) is -0.398. The Morgan fingerprint density at radius 1 is 0.581 bits per heavy atom. The van der Waals surface area contributed by atoms with E-state index in [0.717, 1.165) is 18.4 Å². The van der Waals surface area contributed by atoms with Gasteiger partial charge in [-0.05, 0) is 18.4 Å². The highest BCUT2D eigenvalue weighted by Gasteiger charge is 2.28. The van der Waals surface area contributed by atoms with Crippen LogP contribution in [0.4, 0.5) is 0 Å². The molecular weight excluding hydrogens is 400 g/mol. The van der Waals surface area contributed by atoms with Gasteiger partial charge in [0.1, 0.15) is 0 Å². The Bertz CT molecular complexity index is 489. The molecule has 180 valence electrons. The molecule has 1 nitrogen and oxygen atoms in total. The van der Waals surface area contributed by atoms with Crippen molar-refractivity contribution in [3.63, 3.8) is 0 Å². The number of hydrogen-bond acceptors (Lipinski definition) is 1. The second-order valence-corrected chi connectivity index (χ2v) is 10.3. The largest absolute Gasteiger partial charge is 0.396 e. The molecule has 0 aliphatic heterocycles. The summed E-state index contributed by atoms with van der Waals surface area (Å²) in [5.74, 6) is 0. The summed E-state index contributed by atoms with van der Waals surface area (Å²) in [7, 11) is 0. The second-order valence-electron chi connectivity index (χ2n) is 9.57. The third kappa shape index (κ3) is 15.0. The van der Waals surface area contributed by atoms with Crippen LogP contribution in [0.25, 0.3) is 0 Å². The first-order chi connectivity index (χ1) is 15.2. The first-order valence-electron chi connectivity index (χ1n) is 13.6. The molecule has 0 aliphatic rings. The second kappa shape index (κ2) is 20.1. The van der Waals surface area contributed by atoms with Crippen LogP contribution in [-0.4, -0.2) is 11.7 Å². The fourth-order valence-electron chi connectivity index (χ4n) is 4.63. The number of halogens is 1. The minimum atomic E-state index is -0.398. The Hall–Kier alpha value is -0.530. The maximum Gasteiger partial charge on any atom is 0.0716 e. The van der Waals surface area contributed by atoms with Crippen molar-refractivity contribution in [3.8, 4) is 0 Å². The van der Waals surface area contributed by atoms with Gasteiger partial charge in [-0.25, -0.2) is 0 Å². The monoisotopic (exact) mass is 450 g/mol. The first-order valence-corrected chi connectivity index (χ1v) is 14.0. The van der Waals surface area contributed by atoms with E-state index in [4.69, 9.17) is 11.6 Å². The van der Waals surface area contributed by atoms with Crippen molar-refractivity contribution >= 4 is 11.6 Å². The predicted octanol–water partition coefficient (Wildman–Crippen LogP) is 9.93. The average molecular weight is 451 g/mol. The predicted molar refractivity (Wildman–Crippen MR) is 139 cm³/mol. The lowest BCUT2D eigenvalue weighted by molar-refractivity contribution is 0.260. The van der Waals surface area contributed by atoms with Gasteiger partial charge >= 0.3 is 0 Å². The van der Waals surface area contributed by atoms with E-state index in [1.165, 1.54) is 109 Å². The molecule has 0 spiro atoms. The Kier molecular flexibility index (Phi) is 18.5. The third-order valence-corrected chi connectivity index (χ3v) is 7.32. The van der Waals surface area contributed by atoms with Crippen LogP contribution in [0, 0.1) is 0 Å². The number of aliphatic hydroxyl groups excluding tert-OH is 1. The number of alkyl halides is 1. The number of aliphatic hydroxyl groups is 1. The molecule has 1 atom stereocenters. The van der Waals surface area contributed by atoms with E-state index >= 15 is 0 Å². The van der Waals surface area contributed by atoms with Crippen LogP contribution in [0.1, 0.15) is 141 Å². The van der Waals surface area contributed by atoms with Crippen molar-refractivity contribution in [3.05, 3.63) is 35.9 Å². The maximum atomic E-state index is 9.43. The van der Waals surface area contributed by atoms with Gasteiger partial charge in [-0.2, -0.15) is 0 Å². The smallest absolute Gasteiger partial charge is 0.0716 e. The van der Waals surface area contributed by atoms with Crippen LogP contribution in [0.3, 0.4) is 0 Å². The van der Waals surface area contributed by atoms with Crippen molar-refractivity contribution in [1.82, 2.24) is 0 Å². The van der Waals surface area contributed by atoms with E-state index in [9.17, 15) is 5.11 Å². The molecule has 0 aliphatic carbocycles. The van der Waals surface area contributed by atoms with Crippen LogP contribution in [-0.2, 0) is 4.87 Å². The number of hydrogen-bond donors (Lipinski definition) is 1. The van der Waals surface area contributed by atoms with Gasteiger partial charge in [0.2, 0.25) is 0 Å². The minimum Gasteiger partial charge on any atom is -0.396 e. The van der Waals surface area contributed by atoms with E-state index in [1.54, 1.807) is 0 Å². The zero-order chi connectivity index (χ0) is 22.5. The van der Waals surface area contributed by atoms with Crippen LogP contribution in [0.15, 0.2) is 30.3 Å². The van der Waals surface area contributed by atoms with Gasteiger partial charge < -0.3 is 5.11 Å². The topological polar surface area (TPSA) is 20.2 Å². The van der Waals surface area contributed by atoms with Crippen molar-refractivity contribution < 1.29 is 5.11 Å². The van der Waals surface area contributed by atoms with E-state index in [2.05, 4.69) is 19.1 Å². The Morgan fingerprint density at radius 2 is 0.968 bits per heavy atom. The first kappa shape index (κ1) is 28.5. The fourth-order valence-corrected chi connectivity index (χ4v) is 4.98. The lowest BCUT2D eigenvalue weighted by Gasteiger charge is -2.27. The Labute approximate surface area is 199 Å². The van der Waals surface area contributed by atoms with E-state index < -0.39 is 4.87 Å². The van der Waals surface area contributed by atoms with Crippen molar-refractivity contribution in [2.75, 3.05) is 6.61 Å². The molecule has 0 aromatic heterocycles. The van der Waals surface area contributed by atoms with Crippen molar-refractivity contribution in [2.45, 2.75) is 140 Å². The van der Waals surface area contributed by atoms with Gasteiger partial charge in [-0.1, -0.05) is 153 Å². The van der Waals surface area contributed by atoms with Gasteiger partial charge in [0.25, 0.3) is 0 Å². The van der Waals surface area contributed by atoms with E-state index in [0.29, 0.717) is 6.42 Å². The molecule has 0 heterocycles. The minimum absolute atomic E-state index is 0.150. The van der Waals surface area contributed by atoms with Crippen LogP contribution < -0.4 is 0 Å². The van der Waals surface area contributed by atoms with Gasteiger partial charge in [0.05, 0.1) is 4.87 Å². The number of rotatable bonds is 22. The van der Waals surface area contributed by atoms with Crippen molar-refractivity contribution in [1.29, 1.82) is 0 Å². The normalized spacial score (nSPS) is 13.4. The molecule has 31 heavy (non-hydrogen) atoms. The highest BCUT2D eigenvalue weighted by Crippen LogP contribution is 2.37. The third-order valence-electron chi connectivity index (χ3n) is 6.73. The summed E-state index contributed by atoms with van der Waals surface area (Å²) < 4.78 is 0. The molecule has 0 fully saturated rings. The quantitative estimate of drug-likeness (QED) is 0.137. The molecule has 2 heteroatoms. The standard InChI is InChI=1S/C29H51ClO/c1-2-3-4-5-6-7-8-9-10-11-12-13-14-15-16-17-18-22-25-29(30,26-27-31)28-23-20-19-21-24-28/h19-21,23-24,31H,2-18,22,25-27H2,1H3. The number of benzene rings is 1. The SMILES string of the molecule is CCCCCCCCCCCCCCCCCCCCC(Cl)(CCO)c1ccccc1. The zero-order valence-electron chi connectivity index (χ0n) is 20.6. The molecule has 1 N–H and O–H groups in total. The maximum absolute atomic E-state index is 9.43.